The van der Waals surface area contributed by atoms with Crippen molar-refractivity contribution in [1.82, 2.24) is 5.32 Å². The first-order chi connectivity index (χ1) is 13.6. The topological polar surface area (TPSA) is 75.6 Å². The van der Waals surface area contributed by atoms with Crippen LogP contribution >= 0.6 is 0 Å². The summed E-state index contributed by atoms with van der Waals surface area (Å²) in [5.41, 5.74) is 2.41. The molecule has 2 fully saturated rings. The van der Waals surface area contributed by atoms with Gasteiger partial charge in [0, 0.05) is 12.5 Å². The lowest BCUT2D eigenvalue weighted by Crippen LogP contribution is -2.44. The standard InChI is InChI=1S/C23H25NO4/c25-22(20-18-11-12-19(28-18)21(20)23(26)27)24-14-13-17(15-7-3-1-4-8-15)16-9-5-2-6-10-16/h1-10,17-21H,11-14H2,(H,24,25)(H,26,27)/t18-,19+,20+,21+/m1/s1. The van der Waals surface area contributed by atoms with E-state index in [2.05, 4.69) is 29.6 Å². The maximum atomic E-state index is 12.8. The van der Waals surface area contributed by atoms with E-state index in [-0.39, 0.29) is 24.0 Å². The molecule has 0 spiro atoms. The van der Waals surface area contributed by atoms with Crippen molar-refractivity contribution in [1.29, 1.82) is 0 Å². The van der Waals surface area contributed by atoms with Crippen LogP contribution in [0.15, 0.2) is 60.7 Å². The number of fused-ring (bicyclic) bond motifs is 2. The number of nitrogens with one attached hydrogen (secondary N) is 1. The molecule has 2 aromatic rings. The Morgan fingerprint density at radius 1 is 0.929 bits per heavy atom. The highest BCUT2D eigenvalue weighted by molar-refractivity contribution is 5.86. The molecule has 2 saturated heterocycles. The molecule has 2 bridgehead atoms. The Labute approximate surface area is 164 Å². The van der Waals surface area contributed by atoms with Crippen molar-refractivity contribution in [2.45, 2.75) is 37.4 Å². The molecule has 4 atom stereocenters. The second kappa shape index (κ2) is 8.15. The number of amides is 1. The highest BCUT2D eigenvalue weighted by Gasteiger charge is 2.55. The van der Waals surface area contributed by atoms with Crippen LogP contribution in [0.5, 0.6) is 0 Å². The third-order valence-corrected chi connectivity index (χ3v) is 6.00. The van der Waals surface area contributed by atoms with Gasteiger partial charge in [-0.1, -0.05) is 60.7 Å². The number of benzene rings is 2. The Balaban J connectivity index is 1.42. The number of carboxylic acid groups (broad SMARTS) is 1. The van der Waals surface area contributed by atoms with Crippen LogP contribution in [0.4, 0.5) is 0 Å². The maximum absolute atomic E-state index is 12.8. The second-order valence-corrected chi connectivity index (χ2v) is 7.63. The number of hydrogen-bond donors (Lipinski definition) is 2. The number of carbonyl (C=O) groups is 2. The van der Waals surface area contributed by atoms with Crippen molar-refractivity contribution in [2.75, 3.05) is 6.54 Å². The molecule has 2 aliphatic heterocycles. The van der Waals surface area contributed by atoms with Crippen molar-refractivity contribution in [2.24, 2.45) is 11.8 Å². The zero-order valence-electron chi connectivity index (χ0n) is 15.7. The molecule has 0 saturated carbocycles. The molecule has 5 heteroatoms. The number of rotatable bonds is 7. The smallest absolute Gasteiger partial charge is 0.310 e. The van der Waals surface area contributed by atoms with Crippen molar-refractivity contribution in [3.8, 4) is 0 Å². The molecule has 0 aliphatic carbocycles. The minimum absolute atomic E-state index is 0.175. The number of carboxylic acids is 1. The van der Waals surface area contributed by atoms with Gasteiger partial charge in [-0.2, -0.15) is 0 Å². The van der Waals surface area contributed by atoms with E-state index in [1.54, 1.807) is 0 Å². The fourth-order valence-corrected chi connectivity index (χ4v) is 4.68. The van der Waals surface area contributed by atoms with Gasteiger partial charge >= 0.3 is 5.97 Å². The molecular weight excluding hydrogens is 354 g/mol. The molecular formula is C23H25NO4. The fraction of sp³-hybridized carbons (Fsp3) is 0.391. The van der Waals surface area contributed by atoms with E-state index in [4.69, 9.17) is 4.74 Å². The van der Waals surface area contributed by atoms with E-state index in [1.165, 1.54) is 11.1 Å². The van der Waals surface area contributed by atoms with Gasteiger partial charge in [-0.3, -0.25) is 9.59 Å². The summed E-state index contributed by atoms with van der Waals surface area (Å²) >= 11 is 0. The Hall–Kier alpha value is -2.66. The average molecular weight is 379 g/mol. The zero-order valence-corrected chi connectivity index (χ0v) is 15.7. The first-order valence-corrected chi connectivity index (χ1v) is 9.91. The monoisotopic (exact) mass is 379 g/mol. The van der Waals surface area contributed by atoms with Gasteiger partial charge in [0.2, 0.25) is 5.91 Å². The van der Waals surface area contributed by atoms with Gasteiger partial charge in [-0.15, -0.1) is 0 Å². The molecule has 0 radical (unpaired) electrons. The minimum Gasteiger partial charge on any atom is -0.481 e. The Morgan fingerprint density at radius 3 is 2.00 bits per heavy atom. The first-order valence-electron chi connectivity index (χ1n) is 9.91. The SMILES string of the molecule is O=C(O)[C@@H]1[C@@H](C(=O)NCCC(c2ccccc2)c2ccccc2)[C@H]2CC[C@@H]1O2. The quantitative estimate of drug-likeness (QED) is 0.775. The van der Waals surface area contributed by atoms with Crippen LogP contribution in [0, 0.1) is 11.8 Å². The summed E-state index contributed by atoms with van der Waals surface area (Å²) in [5.74, 6) is -2.26. The molecule has 28 heavy (non-hydrogen) atoms. The van der Waals surface area contributed by atoms with Gasteiger partial charge in [-0.25, -0.2) is 0 Å². The molecule has 146 valence electrons. The number of aliphatic carboxylic acids is 1. The maximum Gasteiger partial charge on any atom is 0.310 e. The summed E-state index contributed by atoms with van der Waals surface area (Å²) in [6.45, 7) is 0.494. The van der Waals surface area contributed by atoms with Crippen LogP contribution in [0.2, 0.25) is 0 Å². The molecule has 4 rings (SSSR count). The van der Waals surface area contributed by atoms with Gasteiger partial charge in [0.05, 0.1) is 24.0 Å². The fourth-order valence-electron chi connectivity index (χ4n) is 4.68. The Bertz CT molecular complexity index is 784. The van der Waals surface area contributed by atoms with Gasteiger partial charge in [0.1, 0.15) is 0 Å². The molecule has 1 amide bonds. The third kappa shape index (κ3) is 3.67. The van der Waals surface area contributed by atoms with E-state index in [0.717, 1.165) is 19.3 Å². The highest BCUT2D eigenvalue weighted by Crippen LogP contribution is 2.43. The lowest BCUT2D eigenvalue weighted by atomic mass is 9.78. The summed E-state index contributed by atoms with van der Waals surface area (Å²) < 4.78 is 5.70. The summed E-state index contributed by atoms with van der Waals surface area (Å²) in [6.07, 6.45) is 1.67. The lowest BCUT2D eigenvalue weighted by molar-refractivity contribution is -0.147. The average Bonchev–Trinajstić information content (AvgIpc) is 3.34. The van der Waals surface area contributed by atoms with Crippen LogP contribution in [0.3, 0.4) is 0 Å². The van der Waals surface area contributed by atoms with Crippen molar-refractivity contribution < 1.29 is 19.4 Å². The van der Waals surface area contributed by atoms with Crippen LogP contribution in [0.1, 0.15) is 36.3 Å². The number of ether oxygens (including phenoxy) is 1. The number of carbonyl (C=O) groups excluding carboxylic acids is 1. The Kier molecular flexibility index (Phi) is 5.44. The summed E-state index contributed by atoms with van der Waals surface area (Å²) in [7, 11) is 0. The van der Waals surface area contributed by atoms with Crippen LogP contribution in [-0.4, -0.2) is 35.7 Å². The van der Waals surface area contributed by atoms with E-state index >= 15 is 0 Å². The summed E-state index contributed by atoms with van der Waals surface area (Å²) in [5, 5.41) is 12.5. The zero-order chi connectivity index (χ0) is 19.5. The summed E-state index contributed by atoms with van der Waals surface area (Å²) in [4.78, 5) is 24.3. The van der Waals surface area contributed by atoms with Crippen LogP contribution in [0.25, 0.3) is 0 Å². The van der Waals surface area contributed by atoms with Gasteiger partial charge in [0.15, 0.2) is 0 Å². The van der Waals surface area contributed by atoms with Gasteiger partial charge in [-0.05, 0) is 30.4 Å². The van der Waals surface area contributed by atoms with E-state index in [1.807, 2.05) is 36.4 Å². The Morgan fingerprint density at radius 2 is 1.46 bits per heavy atom. The van der Waals surface area contributed by atoms with E-state index < -0.39 is 17.8 Å². The lowest BCUT2D eigenvalue weighted by Gasteiger charge is -2.24. The minimum atomic E-state index is -0.932. The molecule has 2 N–H and O–H groups in total. The van der Waals surface area contributed by atoms with Gasteiger partial charge < -0.3 is 15.2 Å². The molecule has 5 nitrogen and oxygen atoms in total. The predicted molar refractivity (Wildman–Crippen MR) is 105 cm³/mol. The van der Waals surface area contributed by atoms with Crippen molar-refractivity contribution in [3.63, 3.8) is 0 Å². The summed E-state index contributed by atoms with van der Waals surface area (Å²) in [6, 6.07) is 20.5. The largest absolute Gasteiger partial charge is 0.481 e. The van der Waals surface area contributed by atoms with E-state index in [9.17, 15) is 14.7 Å². The first kappa shape index (κ1) is 18.7. The molecule has 2 aliphatic rings. The third-order valence-electron chi connectivity index (χ3n) is 6.00. The molecule has 0 aromatic heterocycles. The molecule has 0 unspecified atom stereocenters. The molecule has 2 aromatic carbocycles. The van der Waals surface area contributed by atoms with Crippen molar-refractivity contribution >= 4 is 11.9 Å². The van der Waals surface area contributed by atoms with Crippen LogP contribution < -0.4 is 5.32 Å². The van der Waals surface area contributed by atoms with Gasteiger partial charge in [0.25, 0.3) is 0 Å². The number of hydrogen-bond acceptors (Lipinski definition) is 3. The van der Waals surface area contributed by atoms with Crippen molar-refractivity contribution in [3.05, 3.63) is 71.8 Å². The molecule has 2 heterocycles. The highest BCUT2D eigenvalue weighted by atomic mass is 16.5. The van der Waals surface area contributed by atoms with E-state index in [0.29, 0.717) is 6.54 Å². The second-order valence-electron chi connectivity index (χ2n) is 7.63. The predicted octanol–water partition coefficient (Wildman–Crippen LogP) is 3.20. The normalized spacial score (nSPS) is 25.8. The van der Waals surface area contributed by atoms with Crippen LogP contribution in [-0.2, 0) is 14.3 Å².